The van der Waals surface area contributed by atoms with Crippen molar-refractivity contribution in [3.63, 3.8) is 0 Å². The molecule has 1 heterocycles. The fourth-order valence-electron chi connectivity index (χ4n) is 3.74. The van der Waals surface area contributed by atoms with Gasteiger partial charge in [-0.3, -0.25) is 14.5 Å². The molecule has 0 fully saturated rings. The Kier molecular flexibility index (Phi) is 5.78. The van der Waals surface area contributed by atoms with Gasteiger partial charge in [-0.25, -0.2) is 0 Å². The number of carbonyl (C=O) groups excluding carboxylic acids is 2. The summed E-state index contributed by atoms with van der Waals surface area (Å²) in [7, 11) is 3.89. The molecule has 1 unspecified atom stereocenters. The van der Waals surface area contributed by atoms with E-state index in [9.17, 15) is 14.7 Å². The third kappa shape index (κ3) is 3.90. The summed E-state index contributed by atoms with van der Waals surface area (Å²) >= 11 is 0. The van der Waals surface area contributed by atoms with E-state index >= 15 is 0 Å². The van der Waals surface area contributed by atoms with Crippen LogP contribution in [0.4, 0.5) is 11.4 Å². The number of aryl methyl sites for hydroxylation is 1. The smallest absolute Gasteiger partial charge is 0.294 e. The minimum absolute atomic E-state index is 0.129. The molecule has 5 nitrogen and oxygen atoms in total. The van der Waals surface area contributed by atoms with Gasteiger partial charge in [-0.05, 0) is 48.2 Å². The van der Waals surface area contributed by atoms with Crippen LogP contribution in [-0.2, 0) is 9.59 Å². The summed E-state index contributed by atoms with van der Waals surface area (Å²) in [5, 5.41) is 10.7. The number of carbonyl (C=O) groups is 2. The normalized spacial score (nSPS) is 16.7. The van der Waals surface area contributed by atoms with Crippen LogP contribution >= 0.6 is 0 Å². The van der Waals surface area contributed by atoms with Gasteiger partial charge in [0, 0.05) is 31.9 Å². The molecule has 2 aromatic rings. The molecular formula is C24H28N2O3. The van der Waals surface area contributed by atoms with E-state index in [0.29, 0.717) is 5.69 Å². The summed E-state index contributed by atoms with van der Waals surface area (Å²) < 4.78 is 0. The number of amides is 1. The topological polar surface area (TPSA) is 60.9 Å². The molecule has 1 amide bonds. The lowest BCUT2D eigenvalue weighted by Crippen LogP contribution is -2.31. The van der Waals surface area contributed by atoms with Crippen LogP contribution < -0.4 is 9.80 Å². The van der Waals surface area contributed by atoms with E-state index in [4.69, 9.17) is 0 Å². The molecule has 29 heavy (non-hydrogen) atoms. The molecule has 0 radical (unpaired) electrons. The Balaban J connectivity index is 2.14. The average Bonchev–Trinajstić information content (AvgIpc) is 2.93. The molecule has 0 bridgehead atoms. The summed E-state index contributed by atoms with van der Waals surface area (Å²) in [4.78, 5) is 29.6. The zero-order chi connectivity index (χ0) is 21.3. The Hall–Kier alpha value is -3.08. The first-order valence-corrected chi connectivity index (χ1v) is 9.85. The Morgan fingerprint density at radius 1 is 1.10 bits per heavy atom. The molecule has 2 aromatic carbocycles. The van der Waals surface area contributed by atoms with Gasteiger partial charge in [-0.15, -0.1) is 0 Å². The van der Waals surface area contributed by atoms with Crippen molar-refractivity contribution in [2.24, 2.45) is 5.92 Å². The van der Waals surface area contributed by atoms with E-state index in [1.165, 1.54) is 4.90 Å². The molecule has 0 aromatic heterocycles. The largest absolute Gasteiger partial charge is 0.503 e. The van der Waals surface area contributed by atoms with Crippen LogP contribution in [0.25, 0.3) is 0 Å². The van der Waals surface area contributed by atoms with Gasteiger partial charge in [-0.1, -0.05) is 38.1 Å². The molecule has 1 aliphatic heterocycles. The summed E-state index contributed by atoms with van der Waals surface area (Å²) in [6.07, 6.45) is 0.280. The fourth-order valence-corrected chi connectivity index (χ4v) is 3.74. The number of hydrogen-bond donors (Lipinski definition) is 1. The third-order valence-corrected chi connectivity index (χ3v) is 5.23. The van der Waals surface area contributed by atoms with E-state index < -0.39 is 17.7 Å². The van der Waals surface area contributed by atoms with Gasteiger partial charge in [-0.2, -0.15) is 0 Å². The molecule has 5 heteroatoms. The van der Waals surface area contributed by atoms with Gasteiger partial charge in [0.1, 0.15) is 0 Å². The van der Waals surface area contributed by atoms with Crippen molar-refractivity contribution in [1.82, 2.24) is 0 Å². The van der Waals surface area contributed by atoms with Crippen LogP contribution in [-0.4, -0.2) is 30.9 Å². The lowest BCUT2D eigenvalue weighted by atomic mass is 9.90. The van der Waals surface area contributed by atoms with Crippen molar-refractivity contribution in [1.29, 1.82) is 0 Å². The highest BCUT2D eigenvalue weighted by atomic mass is 16.3. The second kappa shape index (κ2) is 8.11. The SMILES string of the molecule is Cc1ccccc1C1C(C(=O)CC(C)C)=C(O)C(=O)N1c1ccc(N(C)C)cc1. The second-order valence-corrected chi connectivity index (χ2v) is 8.13. The number of Topliss-reactive ketones (excluding diaryl/α,β-unsaturated/α-hetero) is 1. The number of ketones is 1. The first-order valence-electron chi connectivity index (χ1n) is 9.85. The Morgan fingerprint density at radius 3 is 2.28 bits per heavy atom. The Labute approximate surface area is 172 Å². The molecule has 0 saturated carbocycles. The molecule has 1 N–H and O–H groups in total. The van der Waals surface area contributed by atoms with E-state index in [-0.39, 0.29) is 23.7 Å². The van der Waals surface area contributed by atoms with Crippen LogP contribution in [0.5, 0.6) is 0 Å². The maximum atomic E-state index is 13.1. The standard InChI is InChI=1S/C24H28N2O3/c1-15(2)14-20(27)21-22(19-9-7-6-8-16(19)3)26(24(29)23(21)28)18-12-10-17(11-13-18)25(4)5/h6-13,15,22,28H,14H2,1-5H3. The molecular weight excluding hydrogens is 364 g/mol. The molecule has 1 aliphatic rings. The lowest BCUT2D eigenvalue weighted by molar-refractivity contribution is -0.118. The lowest BCUT2D eigenvalue weighted by Gasteiger charge is -2.28. The number of aliphatic hydroxyl groups excluding tert-OH is 1. The molecule has 0 aliphatic carbocycles. The van der Waals surface area contributed by atoms with E-state index in [2.05, 4.69) is 0 Å². The Bertz CT molecular complexity index is 958. The zero-order valence-electron chi connectivity index (χ0n) is 17.6. The second-order valence-electron chi connectivity index (χ2n) is 8.13. The van der Waals surface area contributed by atoms with Crippen LogP contribution in [0.15, 0.2) is 59.9 Å². The Morgan fingerprint density at radius 2 is 1.72 bits per heavy atom. The molecule has 0 spiro atoms. The third-order valence-electron chi connectivity index (χ3n) is 5.23. The highest BCUT2D eigenvalue weighted by molar-refractivity contribution is 6.16. The zero-order valence-corrected chi connectivity index (χ0v) is 17.6. The maximum absolute atomic E-state index is 13.1. The molecule has 152 valence electrons. The monoisotopic (exact) mass is 392 g/mol. The van der Waals surface area contributed by atoms with E-state index in [1.54, 1.807) is 0 Å². The molecule has 0 saturated heterocycles. The van der Waals surface area contributed by atoms with Gasteiger partial charge >= 0.3 is 0 Å². The number of nitrogens with zero attached hydrogens (tertiary/aromatic N) is 2. The molecule has 1 atom stereocenters. The van der Waals surface area contributed by atoms with Crippen LogP contribution in [0.3, 0.4) is 0 Å². The van der Waals surface area contributed by atoms with Crippen LogP contribution in [0.1, 0.15) is 37.4 Å². The van der Waals surface area contributed by atoms with E-state index in [0.717, 1.165) is 16.8 Å². The number of rotatable bonds is 6. The number of aliphatic hydroxyl groups is 1. The average molecular weight is 392 g/mol. The predicted molar refractivity (Wildman–Crippen MR) is 116 cm³/mol. The van der Waals surface area contributed by atoms with Gasteiger partial charge in [0.15, 0.2) is 11.5 Å². The number of hydrogen-bond acceptors (Lipinski definition) is 4. The highest BCUT2D eigenvalue weighted by Gasteiger charge is 2.44. The van der Waals surface area contributed by atoms with Gasteiger partial charge < -0.3 is 10.0 Å². The number of benzene rings is 2. The van der Waals surface area contributed by atoms with Crippen molar-refractivity contribution in [2.45, 2.75) is 33.2 Å². The number of anilines is 2. The summed E-state index contributed by atoms with van der Waals surface area (Å²) in [6, 6.07) is 14.6. The van der Waals surface area contributed by atoms with Crippen molar-refractivity contribution < 1.29 is 14.7 Å². The minimum atomic E-state index is -0.639. The summed E-state index contributed by atoms with van der Waals surface area (Å²) in [5.41, 5.74) is 3.64. The summed E-state index contributed by atoms with van der Waals surface area (Å²) in [5.74, 6) is -1.04. The molecule has 3 rings (SSSR count). The van der Waals surface area contributed by atoms with Gasteiger partial charge in [0.2, 0.25) is 0 Å². The van der Waals surface area contributed by atoms with E-state index in [1.807, 2.05) is 88.3 Å². The van der Waals surface area contributed by atoms with Gasteiger partial charge in [0.05, 0.1) is 11.6 Å². The quantitative estimate of drug-likeness (QED) is 0.782. The van der Waals surface area contributed by atoms with Crippen molar-refractivity contribution >= 4 is 23.1 Å². The first kappa shape index (κ1) is 20.6. The predicted octanol–water partition coefficient (Wildman–Crippen LogP) is 4.58. The first-order chi connectivity index (χ1) is 13.7. The summed E-state index contributed by atoms with van der Waals surface area (Å²) in [6.45, 7) is 5.85. The van der Waals surface area contributed by atoms with Crippen molar-refractivity contribution in [3.8, 4) is 0 Å². The van der Waals surface area contributed by atoms with Crippen molar-refractivity contribution in [2.75, 3.05) is 23.9 Å². The van der Waals surface area contributed by atoms with Crippen LogP contribution in [0.2, 0.25) is 0 Å². The highest BCUT2D eigenvalue weighted by Crippen LogP contribution is 2.42. The van der Waals surface area contributed by atoms with Crippen LogP contribution in [0, 0.1) is 12.8 Å². The maximum Gasteiger partial charge on any atom is 0.294 e. The van der Waals surface area contributed by atoms with Crippen molar-refractivity contribution in [3.05, 3.63) is 71.0 Å². The van der Waals surface area contributed by atoms with Gasteiger partial charge in [0.25, 0.3) is 5.91 Å². The minimum Gasteiger partial charge on any atom is -0.503 e. The fraction of sp³-hybridized carbons (Fsp3) is 0.333.